The van der Waals surface area contributed by atoms with Crippen molar-refractivity contribution < 1.29 is 9.53 Å². The van der Waals surface area contributed by atoms with Gasteiger partial charge in [-0.15, -0.1) is 0 Å². The van der Waals surface area contributed by atoms with Crippen LogP contribution in [0.1, 0.15) is 37.8 Å². The van der Waals surface area contributed by atoms with E-state index in [-0.39, 0.29) is 11.9 Å². The van der Waals surface area contributed by atoms with Gasteiger partial charge in [-0.2, -0.15) is 0 Å². The Kier molecular flexibility index (Phi) is 3.70. The number of carbonyl (C=O) groups is 1. The monoisotopic (exact) mass is 305 g/mol. The zero-order valence-corrected chi connectivity index (χ0v) is 13.5. The normalized spacial score (nSPS) is 21.2. The van der Waals surface area contributed by atoms with E-state index < -0.39 is 0 Å². The molecule has 0 radical (unpaired) electrons. The number of halogens is 1. The minimum Gasteiger partial charge on any atom is -0.496 e. The van der Waals surface area contributed by atoms with Crippen molar-refractivity contribution in [2.24, 2.45) is 0 Å². The van der Waals surface area contributed by atoms with Crippen molar-refractivity contribution in [3.8, 4) is 5.75 Å². The van der Waals surface area contributed by atoms with Crippen LogP contribution in [0.15, 0.2) is 17.7 Å². The molecule has 0 aromatic heterocycles. The Morgan fingerprint density at radius 3 is 2.81 bits per heavy atom. The van der Waals surface area contributed by atoms with Crippen molar-refractivity contribution in [1.82, 2.24) is 4.90 Å². The van der Waals surface area contributed by atoms with Gasteiger partial charge in [-0.25, -0.2) is 0 Å². The number of methoxy groups -OCH3 is 1. The van der Waals surface area contributed by atoms with E-state index in [1.165, 1.54) is 5.57 Å². The lowest BCUT2D eigenvalue weighted by Gasteiger charge is -2.17. The molecule has 21 heavy (non-hydrogen) atoms. The van der Waals surface area contributed by atoms with E-state index in [0.717, 1.165) is 42.5 Å². The van der Waals surface area contributed by atoms with Crippen LogP contribution in [0.5, 0.6) is 5.75 Å². The van der Waals surface area contributed by atoms with Gasteiger partial charge < -0.3 is 9.64 Å². The minimum atomic E-state index is 0.144. The van der Waals surface area contributed by atoms with E-state index in [0.29, 0.717) is 10.8 Å². The first-order chi connectivity index (χ1) is 10.1. The summed E-state index contributed by atoms with van der Waals surface area (Å²) in [6.07, 6.45) is 2.98. The van der Waals surface area contributed by atoms with Gasteiger partial charge in [-0.1, -0.05) is 18.5 Å². The van der Waals surface area contributed by atoms with Gasteiger partial charge in [-0.05, 0) is 49.5 Å². The van der Waals surface area contributed by atoms with E-state index in [1.807, 2.05) is 11.0 Å². The van der Waals surface area contributed by atoms with Crippen LogP contribution >= 0.6 is 11.6 Å². The Hall–Kier alpha value is -1.48. The van der Waals surface area contributed by atoms with Gasteiger partial charge in [0, 0.05) is 17.1 Å². The fraction of sp³-hybridized carbons (Fsp3) is 0.471. The van der Waals surface area contributed by atoms with E-state index in [1.54, 1.807) is 13.2 Å². The molecule has 3 rings (SSSR count). The summed E-state index contributed by atoms with van der Waals surface area (Å²) in [5, 5.41) is 0.650. The van der Waals surface area contributed by atoms with E-state index in [4.69, 9.17) is 16.3 Å². The molecule has 1 atom stereocenters. The highest BCUT2D eigenvalue weighted by Gasteiger charge is 2.41. The molecule has 0 bridgehead atoms. The number of rotatable bonds is 3. The van der Waals surface area contributed by atoms with Crippen LogP contribution in [0.4, 0.5) is 0 Å². The van der Waals surface area contributed by atoms with Crippen LogP contribution in [0.25, 0.3) is 5.57 Å². The lowest BCUT2D eigenvalue weighted by molar-refractivity contribution is -0.124. The number of ether oxygens (including phenoxy) is 1. The fourth-order valence-electron chi connectivity index (χ4n) is 3.60. The number of hydrogen-bond donors (Lipinski definition) is 0. The first-order valence-corrected chi connectivity index (χ1v) is 7.84. The maximum atomic E-state index is 12.8. The zero-order valence-electron chi connectivity index (χ0n) is 12.7. The second-order valence-electron chi connectivity index (χ2n) is 5.71. The van der Waals surface area contributed by atoms with Crippen molar-refractivity contribution in [3.63, 3.8) is 0 Å². The molecule has 1 saturated heterocycles. The predicted octanol–water partition coefficient (Wildman–Crippen LogP) is 3.69. The molecule has 112 valence electrons. The molecular formula is C17H20ClNO2. The van der Waals surface area contributed by atoms with Crippen molar-refractivity contribution in [2.75, 3.05) is 13.7 Å². The Morgan fingerprint density at radius 1 is 1.43 bits per heavy atom. The molecule has 2 aliphatic rings. The van der Waals surface area contributed by atoms with Gasteiger partial charge in [-0.3, -0.25) is 4.79 Å². The molecule has 0 N–H and O–H groups in total. The number of nitrogens with zero attached hydrogens (tertiary/aromatic N) is 1. The van der Waals surface area contributed by atoms with Crippen molar-refractivity contribution in [2.45, 2.75) is 39.2 Å². The van der Waals surface area contributed by atoms with E-state index in [9.17, 15) is 4.79 Å². The Bertz CT molecular complexity index is 611. The Balaban J connectivity index is 2.20. The third-order valence-corrected chi connectivity index (χ3v) is 4.84. The lowest BCUT2D eigenvalue weighted by atomic mass is 9.92. The molecule has 1 aromatic rings. The molecule has 3 nitrogen and oxygen atoms in total. The maximum Gasteiger partial charge on any atom is 0.255 e. The number of amides is 1. The summed E-state index contributed by atoms with van der Waals surface area (Å²) in [6, 6.07) is 4.02. The number of fused-ring (bicyclic) bond motifs is 1. The SMILES string of the molecule is CCc1cc(Cl)cc(OC)c1C1=C(C)C2CCCN2C1=O. The molecule has 4 heteroatoms. The van der Waals surface area contributed by atoms with Crippen molar-refractivity contribution >= 4 is 23.1 Å². The highest BCUT2D eigenvalue weighted by atomic mass is 35.5. The van der Waals surface area contributed by atoms with Gasteiger partial charge >= 0.3 is 0 Å². The summed E-state index contributed by atoms with van der Waals surface area (Å²) >= 11 is 6.16. The molecule has 1 unspecified atom stereocenters. The highest BCUT2D eigenvalue weighted by molar-refractivity contribution is 6.31. The fourth-order valence-corrected chi connectivity index (χ4v) is 3.83. The molecular weight excluding hydrogens is 286 g/mol. The second kappa shape index (κ2) is 5.38. The van der Waals surface area contributed by atoms with Crippen LogP contribution in [-0.4, -0.2) is 30.5 Å². The van der Waals surface area contributed by atoms with Crippen LogP contribution in [-0.2, 0) is 11.2 Å². The summed E-state index contributed by atoms with van der Waals surface area (Å²) in [5.74, 6) is 0.841. The molecule has 1 fully saturated rings. The van der Waals surface area contributed by atoms with Crippen LogP contribution in [0.3, 0.4) is 0 Å². The number of aryl methyl sites for hydroxylation is 1. The van der Waals surface area contributed by atoms with Gasteiger partial charge in [0.25, 0.3) is 5.91 Å². The summed E-state index contributed by atoms with van der Waals surface area (Å²) in [6.45, 7) is 5.02. The lowest BCUT2D eigenvalue weighted by Crippen LogP contribution is -2.29. The molecule has 1 aromatic carbocycles. The second-order valence-corrected chi connectivity index (χ2v) is 6.15. The van der Waals surface area contributed by atoms with Gasteiger partial charge in [0.1, 0.15) is 5.75 Å². The first-order valence-electron chi connectivity index (χ1n) is 7.47. The van der Waals surface area contributed by atoms with E-state index in [2.05, 4.69) is 13.8 Å². The topological polar surface area (TPSA) is 29.5 Å². The molecule has 1 amide bonds. The van der Waals surface area contributed by atoms with Gasteiger partial charge in [0.05, 0.1) is 18.7 Å². The molecule has 2 aliphatic heterocycles. The summed E-state index contributed by atoms with van der Waals surface area (Å²) < 4.78 is 5.51. The quantitative estimate of drug-likeness (QED) is 0.852. The number of benzene rings is 1. The average molecular weight is 306 g/mol. The molecule has 0 spiro atoms. The third-order valence-electron chi connectivity index (χ3n) is 4.62. The third kappa shape index (κ3) is 2.15. The summed E-state index contributed by atoms with van der Waals surface area (Å²) in [5.41, 5.74) is 4.00. The summed E-state index contributed by atoms with van der Waals surface area (Å²) in [7, 11) is 1.63. The van der Waals surface area contributed by atoms with Crippen LogP contribution < -0.4 is 4.74 Å². The first kappa shape index (κ1) is 14.5. The molecule has 0 saturated carbocycles. The van der Waals surface area contributed by atoms with Gasteiger partial charge in [0.15, 0.2) is 0 Å². The average Bonchev–Trinajstić information content (AvgIpc) is 3.04. The predicted molar refractivity (Wildman–Crippen MR) is 84.7 cm³/mol. The number of hydrogen-bond acceptors (Lipinski definition) is 2. The maximum absolute atomic E-state index is 12.8. The summed E-state index contributed by atoms with van der Waals surface area (Å²) in [4.78, 5) is 14.8. The van der Waals surface area contributed by atoms with Gasteiger partial charge in [0.2, 0.25) is 0 Å². The minimum absolute atomic E-state index is 0.144. The molecule has 2 heterocycles. The Labute approximate surface area is 130 Å². The van der Waals surface area contributed by atoms with Crippen LogP contribution in [0, 0.1) is 0 Å². The van der Waals surface area contributed by atoms with Crippen LogP contribution in [0.2, 0.25) is 5.02 Å². The number of carbonyl (C=O) groups excluding carboxylic acids is 1. The Morgan fingerprint density at radius 2 is 2.19 bits per heavy atom. The molecule has 0 aliphatic carbocycles. The van der Waals surface area contributed by atoms with Crippen molar-refractivity contribution in [1.29, 1.82) is 0 Å². The standard InChI is InChI=1S/C17H20ClNO2/c1-4-11-8-12(18)9-14(21-3)16(11)15-10(2)13-6-5-7-19(13)17(15)20/h8-9,13H,4-7H2,1-3H3. The smallest absolute Gasteiger partial charge is 0.255 e. The largest absolute Gasteiger partial charge is 0.496 e. The van der Waals surface area contributed by atoms with E-state index >= 15 is 0 Å². The highest BCUT2D eigenvalue weighted by Crippen LogP contribution is 2.43. The zero-order chi connectivity index (χ0) is 15.1. The van der Waals surface area contributed by atoms with Crippen molar-refractivity contribution in [3.05, 3.63) is 33.9 Å².